The van der Waals surface area contributed by atoms with Crippen molar-refractivity contribution in [2.75, 3.05) is 6.54 Å². The lowest BCUT2D eigenvalue weighted by molar-refractivity contribution is 0.0951. The number of hydrogen-bond donors (Lipinski definition) is 1. The van der Waals surface area contributed by atoms with E-state index >= 15 is 0 Å². The van der Waals surface area contributed by atoms with Crippen LogP contribution in [0.25, 0.3) is 5.65 Å². The lowest BCUT2D eigenvalue weighted by Crippen LogP contribution is -2.27. The molecule has 0 unspecified atom stereocenters. The Morgan fingerprint density at radius 1 is 1.35 bits per heavy atom. The highest BCUT2D eigenvalue weighted by atomic mass is 79.9. The number of imidazole rings is 2. The van der Waals surface area contributed by atoms with Gasteiger partial charge in [-0.05, 0) is 28.1 Å². The first-order valence-corrected chi connectivity index (χ1v) is 8.27. The van der Waals surface area contributed by atoms with Gasteiger partial charge in [-0.2, -0.15) is 0 Å². The molecule has 23 heavy (non-hydrogen) atoms. The Kier molecular flexibility index (Phi) is 4.47. The first kappa shape index (κ1) is 15.7. The predicted molar refractivity (Wildman–Crippen MR) is 91.5 cm³/mol. The molecule has 0 atom stereocenters. The summed E-state index contributed by atoms with van der Waals surface area (Å²) >= 11 is 3.41. The fourth-order valence-corrected chi connectivity index (χ4v) is 2.87. The zero-order chi connectivity index (χ0) is 16.4. The van der Waals surface area contributed by atoms with Crippen molar-refractivity contribution in [3.05, 3.63) is 52.9 Å². The van der Waals surface area contributed by atoms with E-state index < -0.39 is 0 Å². The van der Waals surface area contributed by atoms with E-state index in [0.29, 0.717) is 24.6 Å². The Balaban J connectivity index is 1.64. The van der Waals surface area contributed by atoms with Gasteiger partial charge in [0, 0.05) is 37.6 Å². The van der Waals surface area contributed by atoms with Gasteiger partial charge in [0.2, 0.25) is 0 Å². The summed E-state index contributed by atoms with van der Waals surface area (Å²) in [5.41, 5.74) is 1.40. The van der Waals surface area contributed by atoms with Crippen molar-refractivity contribution in [2.24, 2.45) is 0 Å². The summed E-state index contributed by atoms with van der Waals surface area (Å²) in [6.45, 7) is 5.47. The van der Waals surface area contributed by atoms with Crippen LogP contribution in [0.1, 0.15) is 35.9 Å². The first-order valence-electron chi connectivity index (χ1n) is 7.48. The van der Waals surface area contributed by atoms with Gasteiger partial charge in [0.05, 0.1) is 11.8 Å². The third kappa shape index (κ3) is 3.29. The topological polar surface area (TPSA) is 64.2 Å². The molecule has 0 saturated carbocycles. The van der Waals surface area contributed by atoms with Crippen molar-refractivity contribution in [3.63, 3.8) is 0 Å². The fourth-order valence-electron chi connectivity index (χ4n) is 2.49. The summed E-state index contributed by atoms with van der Waals surface area (Å²) in [5.74, 6) is 1.29. The highest BCUT2D eigenvalue weighted by molar-refractivity contribution is 9.10. The number of pyridine rings is 1. The third-order valence-corrected chi connectivity index (χ3v) is 4.21. The van der Waals surface area contributed by atoms with Gasteiger partial charge in [-0.3, -0.25) is 9.20 Å². The maximum Gasteiger partial charge on any atom is 0.252 e. The van der Waals surface area contributed by atoms with Crippen LogP contribution in [0.3, 0.4) is 0 Å². The van der Waals surface area contributed by atoms with Crippen LogP contribution < -0.4 is 5.32 Å². The molecule has 0 aliphatic heterocycles. The van der Waals surface area contributed by atoms with Crippen LogP contribution in [0.15, 0.2) is 41.5 Å². The van der Waals surface area contributed by atoms with Crippen LogP contribution in [0.5, 0.6) is 0 Å². The molecule has 0 aliphatic rings. The van der Waals surface area contributed by atoms with E-state index in [4.69, 9.17) is 0 Å². The van der Waals surface area contributed by atoms with Gasteiger partial charge >= 0.3 is 0 Å². The summed E-state index contributed by atoms with van der Waals surface area (Å²) in [6.07, 6.45) is 7.22. The quantitative estimate of drug-likeness (QED) is 0.745. The largest absolute Gasteiger partial charge is 0.350 e. The first-order chi connectivity index (χ1) is 11.1. The average Bonchev–Trinajstić information content (AvgIpc) is 3.14. The molecule has 0 spiro atoms. The Hall–Kier alpha value is -2.15. The molecule has 3 aromatic heterocycles. The molecule has 3 rings (SSSR count). The fraction of sp³-hybridized carbons (Fsp3) is 0.312. The van der Waals surface area contributed by atoms with Gasteiger partial charge in [0.1, 0.15) is 16.1 Å². The normalized spacial score (nSPS) is 11.3. The van der Waals surface area contributed by atoms with Gasteiger partial charge in [0.25, 0.3) is 5.91 Å². The molecule has 0 aromatic carbocycles. The van der Waals surface area contributed by atoms with E-state index in [-0.39, 0.29) is 5.91 Å². The number of halogens is 1. The molecule has 0 bridgehead atoms. The number of carbonyl (C=O) groups excluding carboxylic acids is 1. The van der Waals surface area contributed by atoms with E-state index in [1.165, 1.54) is 0 Å². The molecule has 1 amide bonds. The van der Waals surface area contributed by atoms with E-state index in [1.54, 1.807) is 24.7 Å². The minimum absolute atomic E-state index is 0.0984. The van der Waals surface area contributed by atoms with Crippen molar-refractivity contribution >= 4 is 27.5 Å². The minimum atomic E-state index is -0.0984. The molecule has 0 saturated heterocycles. The zero-order valence-electron chi connectivity index (χ0n) is 13.0. The lowest BCUT2D eigenvalue weighted by atomic mass is 10.2. The monoisotopic (exact) mass is 375 g/mol. The molecule has 120 valence electrons. The van der Waals surface area contributed by atoms with Gasteiger partial charge < -0.3 is 9.88 Å². The van der Waals surface area contributed by atoms with E-state index in [1.807, 2.05) is 16.7 Å². The molecule has 1 N–H and O–H groups in total. The summed E-state index contributed by atoms with van der Waals surface area (Å²) < 4.78 is 4.73. The van der Waals surface area contributed by atoms with Crippen LogP contribution >= 0.6 is 15.9 Å². The number of fused-ring (bicyclic) bond motifs is 1. The van der Waals surface area contributed by atoms with E-state index in [0.717, 1.165) is 16.1 Å². The van der Waals surface area contributed by atoms with Gasteiger partial charge in [-0.1, -0.05) is 13.8 Å². The van der Waals surface area contributed by atoms with Crippen molar-refractivity contribution in [1.82, 2.24) is 24.3 Å². The highest BCUT2D eigenvalue weighted by Gasteiger charge is 2.10. The SMILES string of the molecule is CC(C)c1nccn1CCNC(=O)c1ccc2ncc(Br)n2c1. The number of carbonyl (C=O) groups is 1. The van der Waals surface area contributed by atoms with Gasteiger partial charge in [0.15, 0.2) is 0 Å². The molecule has 3 heterocycles. The van der Waals surface area contributed by atoms with Crippen LogP contribution in [0, 0.1) is 0 Å². The second kappa shape index (κ2) is 6.54. The van der Waals surface area contributed by atoms with Crippen molar-refractivity contribution in [2.45, 2.75) is 26.3 Å². The maximum atomic E-state index is 12.3. The molecular weight excluding hydrogens is 358 g/mol. The van der Waals surface area contributed by atoms with Gasteiger partial charge in [-0.25, -0.2) is 9.97 Å². The molecular formula is C16H18BrN5O. The van der Waals surface area contributed by atoms with E-state index in [9.17, 15) is 4.79 Å². The van der Waals surface area contributed by atoms with Crippen LogP contribution in [-0.2, 0) is 6.54 Å². The molecule has 3 aromatic rings. The predicted octanol–water partition coefficient (Wildman–Crippen LogP) is 2.85. The summed E-state index contributed by atoms with van der Waals surface area (Å²) in [5, 5.41) is 2.94. The number of nitrogens with zero attached hydrogens (tertiary/aromatic N) is 4. The van der Waals surface area contributed by atoms with E-state index in [2.05, 4.69) is 49.6 Å². The zero-order valence-corrected chi connectivity index (χ0v) is 14.6. The number of hydrogen-bond acceptors (Lipinski definition) is 3. The average molecular weight is 376 g/mol. The smallest absolute Gasteiger partial charge is 0.252 e. The summed E-state index contributed by atoms with van der Waals surface area (Å²) in [4.78, 5) is 20.8. The summed E-state index contributed by atoms with van der Waals surface area (Å²) in [6, 6.07) is 3.60. The van der Waals surface area contributed by atoms with Gasteiger partial charge in [-0.15, -0.1) is 0 Å². The number of rotatable bonds is 5. The highest BCUT2D eigenvalue weighted by Crippen LogP contribution is 2.14. The van der Waals surface area contributed by atoms with Crippen LogP contribution in [0.2, 0.25) is 0 Å². The third-order valence-electron chi connectivity index (χ3n) is 3.62. The second-order valence-electron chi connectivity index (χ2n) is 5.62. The Morgan fingerprint density at radius 3 is 2.96 bits per heavy atom. The molecule has 6 nitrogen and oxygen atoms in total. The number of nitrogens with one attached hydrogen (secondary N) is 1. The van der Waals surface area contributed by atoms with Crippen molar-refractivity contribution in [1.29, 1.82) is 0 Å². The lowest BCUT2D eigenvalue weighted by Gasteiger charge is -2.11. The second-order valence-corrected chi connectivity index (χ2v) is 6.43. The Bertz CT molecular complexity index is 836. The molecule has 0 aliphatic carbocycles. The standard InChI is InChI=1S/C16H18BrN5O/c1-11(2)15-18-5-7-21(15)8-6-19-16(23)12-3-4-14-20-9-13(17)22(14)10-12/h3-5,7,9-11H,6,8H2,1-2H3,(H,19,23). The van der Waals surface area contributed by atoms with Crippen LogP contribution in [-0.4, -0.2) is 31.4 Å². The van der Waals surface area contributed by atoms with Crippen LogP contribution in [0.4, 0.5) is 0 Å². The van der Waals surface area contributed by atoms with Crippen molar-refractivity contribution in [3.8, 4) is 0 Å². The molecule has 0 radical (unpaired) electrons. The molecule has 0 fully saturated rings. The maximum absolute atomic E-state index is 12.3. The molecule has 7 heteroatoms. The Morgan fingerprint density at radius 2 is 2.17 bits per heavy atom. The minimum Gasteiger partial charge on any atom is -0.350 e. The number of aromatic nitrogens is 4. The Labute approximate surface area is 142 Å². The summed E-state index contributed by atoms with van der Waals surface area (Å²) in [7, 11) is 0. The van der Waals surface area contributed by atoms with Crippen molar-refractivity contribution < 1.29 is 4.79 Å². The number of amides is 1.